The predicted octanol–water partition coefficient (Wildman–Crippen LogP) is 3.32. The minimum atomic E-state index is -4.12. The van der Waals surface area contributed by atoms with Crippen LogP contribution < -0.4 is 10.6 Å². The van der Waals surface area contributed by atoms with Crippen LogP contribution in [-0.2, 0) is 0 Å². The number of alkyl halides is 3. The Kier molecular flexibility index (Phi) is 8.20. The summed E-state index contributed by atoms with van der Waals surface area (Å²) in [6.07, 6.45) is -0.862. The van der Waals surface area contributed by atoms with Crippen molar-refractivity contribution in [3.8, 4) is 0 Å². The van der Waals surface area contributed by atoms with Crippen LogP contribution in [0.4, 0.5) is 13.2 Å². The monoisotopic (exact) mass is 431 g/mol. The third-order valence-corrected chi connectivity index (χ3v) is 6.52. The zero-order valence-electron chi connectivity index (χ0n) is 17.0. The standard InChI is InChI=1S/C20H32F3N5S/c1-2-24-19(25-12-16-7-10-27(14-16)15-20(21,22)23)26-13-17(18-6-5-11-29-18)28-8-3-4-9-28/h5-6,11,16-17H,2-4,7-10,12-15H2,1H3,(H2,24,25,26). The highest BCUT2D eigenvalue weighted by molar-refractivity contribution is 7.10. The fourth-order valence-corrected chi connectivity index (χ4v) is 5.01. The van der Waals surface area contributed by atoms with Gasteiger partial charge in [-0.2, -0.15) is 13.2 Å². The summed E-state index contributed by atoms with van der Waals surface area (Å²) in [5, 5.41) is 8.74. The van der Waals surface area contributed by atoms with Crippen LogP contribution in [0.2, 0.25) is 0 Å². The lowest BCUT2D eigenvalue weighted by molar-refractivity contribution is -0.143. The highest BCUT2D eigenvalue weighted by Gasteiger charge is 2.34. The molecule has 0 spiro atoms. The van der Waals surface area contributed by atoms with Crippen LogP contribution in [0.15, 0.2) is 22.5 Å². The SMILES string of the molecule is CCNC(=NCC(c1cccs1)N1CCCC1)NCC1CCN(CC(F)(F)F)C1. The van der Waals surface area contributed by atoms with E-state index in [2.05, 4.69) is 33.0 Å². The van der Waals surface area contributed by atoms with E-state index in [0.717, 1.165) is 32.0 Å². The van der Waals surface area contributed by atoms with Crippen molar-refractivity contribution in [1.82, 2.24) is 20.4 Å². The smallest absolute Gasteiger partial charge is 0.357 e. The average Bonchev–Trinajstić information content (AvgIpc) is 3.42. The van der Waals surface area contributed by atoms with Gasteiger partial charge in [0.1, 0.15) is 0 Å². The number of nitrogens with one attached hydrogen (secondary N) is 2. The van der Waals surface area contributed by atoms with Crippen molar-refractivity contribution in [2.45, 2.75) is 38.4 Å². The van der Waals surface area contributed by atoms with Gasteiger partial charge in [-0.15, -0.1) is 11.3 Å². The molecule has 9 heteroatoms. The molecule has 2 aliphatic rings. The number of rotatable bonds is 8. The molecule has 0 aromatic carbocycles. The number of nitrogens with zero attached hydrogens (tertiary/aromatic N) is 3. The normalized spacial score (nSPS) is 22.9. The van der Waals surface area contributed by atoms with Gasteiger partial charge >= 0.3 is 6.18 Å². The van der Waals surface area contributed by atoms with E-state index in [-0.39, 0.29) is 5.92 Å². The summed E-state index contributed by atoms with van der Waals surface area (Å²) in [4.78, 5) is 10.2. The molecule has 2 aliphatic heterocycles. The second-order valence-corrected chi connectivity index (χ2v) is 8.86. The molecule has 0 bridgehead atoms. The van der Waals surface area contributed by atoms with Gasteiger partial charge < -0.3 is 10.6 Å². The number of aliphatic imine (C=N–C) groups is 1. The molecular weight excluding hydrogens is 399 g/mol. The first-order chi connectivity index (χ1) is 13.9. The Bertz CT molecular complexity index is 629. The Hall–Kier alpha value is -1.32. The Labute approximate surface area is 175 Å². The molecule has 0 aliphatic carbocycles. The molecule has 0 saturated carbocycles. The van der Waals surface area contributed by atoms with Crippen molar-refractivity contribution in [1.29, 1.82) is 0 Å². The topological polar surface area (TPSA) is 42.9 Å². The molecule has 29 heavy (non-hydrogen) atoms. The van der Waals surface area contributed by atoms with Crippen LogP contribution >= 0.6 is 11.3 Å². The molecule has 2 unspecified atom stereocenters. The molecule has 164 valence electrons. The summed E-state index contributed by atoms with van der Waals surface area (Å²) in [5.41, 5.74) is 0. The molecular formula is C20H32F3N5S. The molecule has 3 rings (SSSR count). The van der Waals surface area contributed by atoms with Crippen LogP contribution in [0.3, 0.4) is 0 Å². The van der Waals surface area contributed by atoms with Gasteiger partial charge in [-0.05, 0) is 63.2 Å². The first-order valence-electron chi connectivity index (χ1n) is 10.5. The highest BCUT2D eigenvalue weighted by Crippen LogP contribution is 2.28. The largest absolute Gasteiger partial charge is 0.401 e. The van der Waals surface area contributed by atoms with Gasteiger partial charge in [0.05, 0.1) is 19.1 Å². The molecule has 3 heterocycles. The van der Waals surface area contributed by atoms with Crippen LogP contribution in [0, 0.1) is 5.92 Å². The number of hydrogen-bond donors (Lipinski definition) is 2. The van der Waals surface area contributed by atoms with Crippen molar-refractivity contribution < 1.29 is 13.2 Å². The van der Waals surface area contributed by atoms with E-state index in [1.807, 2.05) is 6.92 Å². The molecule has 0 amide bonds. The van der Waals surface area contributed by atoms with E-state index in [4.69, 9.17) is 4.99 Å². The zero-order valence-corrected chi connectivity index (χ0v) is 17.9. The maximum absolute atomic E-state index is 12.6. The van der Waals surface area contributed by atoms with Crippen molar-refractivity contribution in [2.24, 2.45) is 10.9 Å². The summed E-state index contributed by atoms with van der Waals surface area (Å²) < 4.78 is 37.7. The number of thiophene rings is 1. The van der Waals surface area contributed by atoms with Crippen molar-refractivity contribution >= 4 is 17.3 Å². The number of likely N-dealkylation sites (tertiary alicyclic amines) is 2. The van der Waals surface area contributed by atoms with Gasteiger partial charge in [-0.1, -0.05) is 6.07 Å². The Balaban J connectivity index is 1.53. The molecule has 2 fully saturated rings. The Morgan fingerprint density at radius 3 is 2.72 bits per heavy atom. The van der Waals surface area contributed by atoms with Gasteiger partial charge in [0.2, 0.25) is 0 Å². The fourth-order valence-electron chi connectivity index (χ4n) is 4.16. The lowest BCUT2D eigenvalue weighted by Crippen LogP contribution is -2.41. The van der Waals surface area contributed by atoms with Gasteiger partial charge in [-0.25, -0.2) is 0 Å². The average molecular weight is 432 g/mol. The molecule has 1 aromatic rings. The molecule has 0 radical (unpaired) electrons. The quantitative estimate of drug-likeness (QED) is 0.490. The predicted molar refractivity (Wildman–Crippen MR) is 112 cm³/mol. The van der Waals surface area contributed by atoms with E-state index in [1.54, 1.807) is 11.3 Å². The highest BCUT2D eigenvalue weighted by atomic mass is 32.1. The third-order valence-electron chi connectivity index (χ3n) is 5.55. The first kappa shape index (κ1) is 22.4. The Morgan fingerprint density at radius 2 is 2.07 bits per heavy atom. The summed E-state index contributed by atoms with van der Waals surface area (Å²) in [5.74, 6) is 0.968. The van der Waals surface area contributed by atoms with E-state index in [9.17, 15) is 13.2 Å². The summed E-state index contributed by atoms with van der Waals surface area (Å²) >= 11 is 1.77. The van der Waals surface area contributed by atoms with Gasteiger partial charge in [0, 0.05) is 24.5 Å². The molecule has 2 atom stereocenters. The molecule has 2 N–H and O–H groups in total. The number of hydrogen-bond acceptors (Lipinski definition) is 4. The minimum Gasteiger partial charge on any atom is -0.357 e. The van der Waals surface area contributed by atoms with Gasteiger partial charge in [0.25, 0.3) is 0 Å². The van der Waals surface area contributed by atoms with Crippen molar-refractivity contribution in [3.05, 3.63) is 22.4 Å². The van der Waals surface area contributed by atoms with Crippen LogP contribution in [0.1, 0.15) is 37.1 Å². The van der Waals surface area contributed by atoms with E-state index in [1.165, 1.54) is 22.6 Å². The summed E-state index contributed by atoms with van der Waals surface area (Å²) in [6, 6.07) is 4.56. The maximum atomic E-state index is 12.6. The van der Waals surface area contributed by atoms with E-state index >= 15 is 0 Å². The first-order valence-corrected chi connectivity index (χ1v) is 11.4. The zero-order chi connectivity index (χ0) is 20.7. The lowest BCUT2D eigenvalue weighted by atomic mass is 10.1. The van der Waals surface area contributed by atoms with Crippen molar-refractivity contribution in [3.63, 3.8) is 0 Å². The Morgan fingerprint density at radius 1 is 1.28 bits per heavy atom. The molecule has 1 aromatic heterocycles. The minimum absolute atomic E-state index is 0.216. The second-order valence-electron chi connectivity index (χ2n) is 7.88. The fraction of sp³-hybridized carbons (Fsp3) is 0.750. The van der Waals surface area contributed by atoms with Crippen LogP contribution in [-0.4, -0.2) is 74.3 Å². The number of halogens is 3. The van der Waals surface area contributed by atoms with Crippen LogP contribution in [0.25, 0.3) is 0 Å². The number of guanidine groups is 1. The van der Waals surface area contributed by atoms with Crippen LogP contribution in [0.5, 0.6) is 0 Å². The van der Waals surface area contributed by atoms with Gasteiger partial charge in [-0.3, -0.25) is 14.8 Å². The summed E-state index contributed by atoms with van der Waals surface area (Å²) in [7, 11) is 0. The third kappa shape index (κ3) is 7.15. The summed E-state index contributed by atoms with van der Waals surface area (Å²) in [6.45, 7) is 6.51. The van der Waals surface area contributed by atoms with E-state index in [0.29, 0.717) is 32.2 Å². The maximum Gasteiger partial charge on any atom is 0.401 e. The van der Waals surface area contributed by atoms with Gasteiger partial charge in [0.15, 0.2) is 5.96 Å². The molecule has 5 nitrogen and oxygen atoms in total. The van der Waals surface area contributed by atoms with E-state index < -0.39 is 12.7 Å². The van der Waals surface area contributed by atoms with Crippen molar-refractivity contribution in [2.75, 3.05) is 52.4 Å². The second kappa shape index (κ2) is 10.6. The molecule has 2 saturated heterocycles. The lowest BCUT2D eigenvalue weighted by Gasteiger charge is -2.25.